The van der Waals surface area contributed by atoms with E-state index in [9.17, 15) is 16.8 Å². The van der Waals surface area contributed by atoms with Crippen LogP contribution in [-0.2, 0) is 19.9 Å². The van der Waals surface area contributed by atoms with Crippen LogP contribution >= 0.6 is 11.6 Å². The Morgan fingerprint density at radius 1 is 1.13 bits per heavy atom. The first kappa shape index (κ1) is 17.2. The van der Waals surface area contributed by atoms with Crippen molar-refractivity contribution in [1.82, 2.24) is 9.21 Å². The molecule has 2 aliphatic rings. The highest BCUT2D eigenvalue weighted by Gasteiger charge is 2.36. The SMILES string of the molecule is O=S1(=O)CCC(N2CCN(S(=O)(=O)c3cccc(Cl)c3)CC2)C1. The molecule has 1 aromatic carbocycles. The van der Waals surface area contributed by atoms with Crippen LogP contribution in [-0.4, -0.2) is 69.8 Å². The Hall–Kier alpha value is -0.670. The molecule has 0 N–H and O–H groups in total. The molecule has 0 bridgehead atoms. The van der Waals surface area contributed by atoms with Gasteiger partial charge in [-0.3, -0.25) is 4.90 Å². The molecule has 2 saturated heterocycles. The number of rotatable bonds is 3. The summed E-state index contributed by atoms with van der Waals surface area (Å²) < 4.78 is 49.8. The predicted octanol–water partition coefficient (Wildman–Crippen LogP) is 0.833. The second kappa shape index (κ2) is 6.33. The molecule has 0 amide bonds. The summed E-state index contributed by atoms with van der Waals surface area (Å²) in [5.41, 5.74) is 0. The summed E-state index contributed by atoms with van der Waals surface area (Å²) in [5.74, 6) is 0.423. The van der Waals surface area contributed by atoms with E-state index in [1.165, 1.54) is 16.4 Å². The van der Waals surface area contributed by atoms with Gasteiger partial charge in [0.2, 0.25) is 10.0 Å². The van der Waals surface area contributed by atoms with Crippen LogP contribution in [0.3, 0.4) is 0 Å². The maximum absolute atomic E-state index is 12.6. The van der Waals surface area contributed by atoms with Gasteiger partial charge in [0.05, 0.1) is 16.4 Å². The van der Waals surface area contributed by atoms with Crippen molar-refractivity contribution >= 4 is 31.5 Å². The smallest absolute Gasteiger partial charge is 0.243 e. The van der Waals surface area contributed by atoms with E-state index >= 15 is 0 Å². The quantitative estimate of drug-likeness (QED) is 0.778. The number of piperazine rings is 1. The molecule has 128 valence electrons. The third-order valence-corrected chi connectivity index (χ3v) is 8.31. The molecule has 23 heavy (non-hydrogen) atoms. The number of hydrogen-bond donors (Lipinski definition) is 0. The number of nitrogens with zero attached hydrogens (tertiary/aromatic N) is 2. The van der Waals surface area contributed by atoms with E-state index in [0.29, 0.717) is 37.6 Å². The van der Waals surface area contributed by atoms with Crippen LogP contribution in [0.1, 0.15) is 6.42 Å². The lowest BCUT2D eigenvalue weighted by molar-refractivity contribution is 0.148. The van der Waals surface area contributed by atoms with E-state index in [1.807, 2.05) is 0 Å². The fourth-order valence-corrected chi connectivity index (χ4v) is 6.63. The van der Waals surface area contributed by atoms with Crippen LogP contribution in [0.25, 0.3) is 0 Å². The third kappa shape index (κ3) is 3.71. The van der Waals surface area contributed by atoms with Gasteiger partial charge in [0, 0.05) is 37.2 Å². The lowest BCUT2D eigenvalue weighted by Crippen LogP contribution is -2.52. The average Bonchev–Trinajstić information content (AvgIpc) is 2.87. The van der Waals surface area contributed by atoms with Crippen LogP contribution in [0.4, 0.5) is 0 Å². The van der Waals surface area contributed by atoms with Gasteiger partial charge < -0.3 is 0 Å². The van der Waals surface area contributed by atoms with Crippen molar-refractivity contribution < 1.29 is 16.8 Å². The molecule has 1 atom stereocenters. The zero-order chi connectivity index (χ0) is 16.7. The molecule has 0 aliphatic carbocycles. The highest BCUT2D eigenvalue weighted by Crippen LogP contribution is 2.23. The Morgan fingerprint density at radius 3 is 2.39 bits per heavy atom. The van der Waals surface area contributed by atoms with Crippen molar-refractivity contribution in [1.29, 1.82) is 0 Å². The van der Waals surface area contributed by atoms with Crippen LogP contribution in [0, 0.1) is 0 Å². The molecule has 1 aromatic rings. The van der Waals surface area contributed by atoms with Crippen LogP contribution in [0.5, 0.6) is 0 Å². The minimum atomic E-state index is -3.55. The van der Waals surface area contributed by atoms with Crippen LogP contribution < -0.4 is 0 Å². The van der Waals surface area contributed by atoms with Gasteiger partial charge in [-0.1, -0.05) is 17.7 Å². The van der Waals surface area contributed by atoms with Gasteiger partial charge in [0.25, 0.3) is 0 Å². The number of benzene rings is 1. The second-order valence-electron chi connectivity index (χ2n) is 5.95. The summed E-state index contributed by atoms with van der Waals surface area (Å²) in [5, 5.41) is 0.390. The second-order valence-corrected chi connectivity index (χ2v) is 10.6. The minimum Gasteiger partial charge on any atom is -0.297 e. The van der Waals surface area contributed by atoms with Crippen molar-refractivity contribution in [3.8, 4) is 0 Å². The Kier molecular flexibility index (Phi) is 4.72. The molecule has 9 heteroatoms. The lowest BCUT2D eigenvalue weighted by Gasteiger charge is -2.36. The van der Waals surface area contributed by atoms with Gasteiger partial charge in [-0.2, -0.15) is 4.31 Å². The summed E-state index contributed by atoms with van der Waals surface area (Å²) in [6.45, 7) is 1.84. The van der Waals surface area contributed by atoms with Gasteiger partial charge in [0.1, 0.15) is 0 Å². The van der Waals surface area contributed by atoms with E-state index in [1.54, 1.807) is 12.1 Å². The molecule has 0 spiro atoms. The van der Waals surface area contributed by atoms with E-state index in [4.69, 9.17) is 11.6 Å². The van der Waals surface area contributed by atoms with Gasteiger partial charge in [-0.25, -0.2) is 16.8 Å². The van der Waals surface area contributed by atoms with Gasteiger partial charge >= 0.3 is 0 Å². The fourth-order valence-electron chi connectivity index (χ4n) is 3.15. The zero-order valence-electron chi connectivity index (χ0n) is 12.6. The summed E-state index contributed by atoms with van der Waals surface area (Å²) >= 11 is 5.88. The van der Waals surface area contributed by atoms with E-state index in [2.05, 4.69) is 4.90 Å². The monoisotopic (exact) mass is 378 g/mol. The number of hydrogen-bond acceptors (Lipinski definition) is 5. The molecule has 0 aromatic heterocycles. The van der Waals surface area contributed by atoms with E-state index < -0.39 is 19.9 Å². The van der Waals surface area contributed by atoms with E-state index in [0.717, 1.165) is 0 Å². The van der Waals surface area contributed by atoms with Gasteiger partial charge in [-0.05, 0) is 24.6 Å². The summed E-state index contributed by atoms with van der Waals surface area (Å²) in [6.07, 6.45) is 0.642. The highest BCUT2D eigenvalue weighted by molar-refractivity contribution is 7.91. The molecule has 3 rings (SSSR count). The topological polar surface area (TPSA) is 74.8 Å². The first-order valence-corrected chi connectivity index (χ1v) is 11.1. The maximum atomic E-state index is 12.6. The maximum Gasteiger partial charge on any atom is 0.243 e. The molecule has 0 radical (unpaired) electrons. The van der Waals surface area contributed by atoms with E-state index in [-0.39, 0.29) is 22.4 Å². The molecule has 2 aliphatic heterocycles. The first-order valence-electron chi connectivity index (χ1n) is 7.48. The highest BCUT2D eigenvalue weighted by atomic mass is 35.5. The van der Waals surface area contributed by atoms with Gasteiger partial charge in [-0.15, -0.1) is 0 Å². The van der Waals surface area contributed by atoms with Crippen LogP contribution in [0.2, 0.25) is 5.02 Å². The Bertz CT molecular complexity index is 787. The number of sulfone groups is 1. The third-order valence-electron chi connectivity index (χ3n) is 4.43. The van der Waals surface area contributed by atoms with Crippen molar-refractivity contribution in [2.45, 2.75) is 17.4 Å². The summed E-state index contributed by atoms with van der Waals surface area (Å²) in [6, 6.07) is 6.27. The Balaban J connectivity index is 1.67. The van der Waals surface area contributed by atoms with Crippen molar-refractivity contribution in [3.05, 3.63) is 29.3 Å². The number of halogens is 1. The molecule has 2 heterocycles. The molecular weight excluding hydrogens is 360 g/mol. The molecule has 1 unspecified atom stereocenters. The number of sulfonamides is 1. The molecular formula is C14H19ClN2O4S2. The standard InChI is InChI=1S/C14H19ClN2O4S2/c15-12-2-1-3-14(10-12)23(20,21)17-7-5-16(6-8-17)13-4-9-22(18,19)11-13/h1-3,10,13H,4-9,11H2. The lowest BCUT2D eigenvalue weighted by atomic mass is 10.2. The minimum absolute atomic E-state index is 0.0241. The average molecular weight is 379 g/mol. The fraction of sp³-hybridized carbons (Fsp3) is 0.571. The largest absolute Gasteiger partial charge is 0.297 e. The molecule has 2 fully saturated rings. The summed E-state index contributed by atoms with van der Waals surface area (Å²) in [4.78, 5) is 2.29. The first-order chi connectivity index (χ1) is 10.8. The molecule has 0 saturated carbocycles. The normalized spacial score (nSPS) is 26.4. The van der Waals surface area contributed by atoms with Gasteiger partial charge in [0.15, 0.2) is 9.84 Å². The zero-order valence-corrected chi connectivity index (χ0v) is 14.9. The Labute approximate surface area is 142 Å². The van der Waals surface area contributed by atoms with Crippen molar-refractivity contribution in [2.24, 2.45) is 0 Å². The van der Waals surface area contributed by atoms with Crippen molar-refractivity contribution in [3.63, 3.8) is 0 Å². The van der Waals surface area contributed by atoms with Crippen LogP contribution in [0.15, 0.2) is 29.2 Å². The Morgan fingerprint density at radius 2 is 1.83 bits per heavy atom. The predicted molar refractivity (Wildman–Crippen MR) is 88.8 cm³/mol. The molecule has 6 nitrogen and oxygen atoms in total. The van der Waals surface area contributed by atoms with Crippen molar-refractivity contribution in [2.75, 3.05) is 37.7 Å². The summed E-state index contributed by atoms with van der Waals surface area (Å²) in [7, 11) is -6.47.